The van der Waals surface area contributed by atoms with Crippen molar-refractivity contribution in [2.75, 3.05) is 0 Å². The van der Waals surface area contributed by atoms with E-state index in [1.54, 1.807) is 0 Å². The summed E-state index contributed by atoms with van der Waals surface area (Å²) >= 11 is 0. The van der Waals surface area contributed by atoms with E-state index in [9.17, 15) is 18.4 Å². The molecule has 0 fully saturated rings. The number of hydrogen-bond donors (Lipinski definition) is 2. The van der Waals surface area contributed by atoms with Crippen molar-refractivity contribution >= 4 is 11.9 Å². The average molecular weight is 335 g/mol. The van der Waals surface area contributed by atoms with E-state index in [4.69, 9.17) is 5.11 Å². The number of nitrogens with zero attached hydrogens (tertiary/aromatic N) is 2. The molecular formula is C16H15F2N3O3. The number of rotatable bonds is 4. The van der Waals surface area contributed by atoms with Crippen LogP contribution in [0, 0.1) is 11.6 Å². The Labute approximate surface area is 136 Å². The van der Waals surface area contributed by atoms with Crippen molar-refractivity contribution in [2.24, 2.45) is 0 Å². The first-order valence-electron chi connectivity index (χ1n) is 7.48. The van der Waals surface area contributed by atoms with Crippen LogP contribution in [0.15, 0.2) is 18.2 Å². The molecule has 3 rings (SSSR count). The van der Waals surface area contributed by atoms with Crippen LogP contribution in [0.2, 0.25) is 0 Å². The van der Waals surface area contributed by atoms with E-state index in [-0.39, 0.29) is 5.69 Å². The fraction of sp³-hybridized carbons (Fsp3) is 0.312. The van der Waals surface area contributed by atoms with E-state index in [0.29, 0.717) is 18.5 Å². The highest BCUT2D eigenvalue weighted by atomic mass is 19.2. The number of amides is 1. The molecule has 126 valence electrons. The minimum atomic E-state index is -1.15. The summed E-state index contributed by atoms with van der Waals surface area (Å²) in [6, 6.07) is 2.34. The van der Waals surface area contributed by atoms with Gasteiger partial charge in [-0.3, -0.25) is 9.59 Å². The maximum Gasteiger partial charge on any atom is 0.325 e. The van der Waals surface area contributed by atoms with Crippen LogP contribution in [-0.2, 0) is 17.6 Å². The summed E-state index contributed by atoms with van der Waals surface area (Å²) in [7, 11) is 0. The van der Waals surface area contributed by atoms with Crippen LogP contribution < -0.4 is 5.32 Å². The van der Waals surface area contributed by atoms with E-state index in [2.05, 4.69) is 10.4 Å². The highest BCUT2D eigenvalue weighted by molar-refractivity contribution is 5.96. The van der Waals surface area contributed by atoms with Gasteiger partial charge in [0.1, 0.15) is 6.04 Å². The molecule has 0 spiro atoms. The van der Waals surface area contributed by atoms with Gasteiger partial charge in [-0.05, 0) is 38.3 Å². The van der Waals surface area contributed by atoms with Gasteiger partial charge in [-0.25, -0.2) is 13.5 Å². The molecule has 1 aromatic carbocycles. The van der Waals surface area contributed by atoms with Gasteiger partial charge >= 0.3 is 5.97 Å². The Hall–Kier alpha value is -2.77. The molecule has 6 nitrogen and oxygen atoms in total. The normalized spacial score (nSPS) is 14.3. The second kappa shape index (κ2) is 6.03. The quantitative estimate of drug-likeness (QED) is 0.893. The number of carbonyl (C=O) groups excluding carboxylic acids is 1. The van der Waals surface area contributed by atoms with Crippen molar-refractivity contribution in [1.29, 1.82) is 0 Å². The predicted octanol–water partition coefficient (Wildman–Crippen LogP) is 1.84. The smallest absolute Gasteiger partial charge is 0.325 e. The Morgan fingerprint density at radius 3 is 2.71 bits per heavy atom. The number of aromatic nitrogens is 2. The van der Waals surface area contributed by atoms with Crippen molar-refractivity contribution in [1.82, 2.24) is 15.1 Å². The molecule has 0 saturated carbocycles. The number of carboxylic acids is 1. The van der Waals surface area contributed by atoms with Crippen LogP contribution in [0.3, 0.4) is 0 Å². The summed E-state index contributed by atoms with van der Waals surface area (Å²) in [4.78, 5) is 23.2. The van der Waals surface area contributed by atoms with Crippen LogP contribution in [0.5, 0.6) is 0 Å². The molecule has 1 aliphatic rings. The number of benzene rings is 1. The summed E-state index contributed by atoms with van der Waals surface area (Å²) in [5, 5.41) is 15.5. The maximum atomic E-state index is 13.5. The Morgan fingerprint density at radius 1 is 1.29 bits per heavy atom. The van der Waals surface area contributed by atoms with E-state index < -0.39 is 29.6 Å². The van der Waals surface area contributed by atoms with Gasteiger partial charge in [0, 0.05) is 17.3 Å². The minimum absolute atomic E-state index is 0.125. The van der Waals surface area contributed by atoms with E-state index >= 15 is 0 Å². The first-order valence-corrected chi connectivity index (χ1v) is 7.48. The van der Waals surface area contributed by atoms with Gasteiger partial charge in [0.05, 0.1) is 5.69 Å². The van der Waals surface area contributed by atoms with Gasteiger partial charge in [0.25, 0.3) is 5.91 Å². The molecule has 0 aliphatic heterocycles. The molecule has 24 heavy (non-hydrogen) atoms. The van der Waals surface area contributed by atoms with Crippen molar-refractivity contribution in [3.8, 4) is 5.69 Å². The zero-order chi connectivity index (χ0) is 17.4. The lowest BCUT2D eigenvalue weighted by Crippen LogP contribution is -2.38. The fourth-order valence-corrected chi connectivity index (χ4v) is 2.78. The molecule has 2 aromatic rings. The average Bonchev–Trinajstić information content (AvgIpc) is 3.11. The third kappa shape index (κ3) is 2.75. The first-order chi connectivity index (χ1) is 11.4. The SMILES string of the molecule is CC(NC(=O)c1nn(-c2ccc(F)c(F)c2)c2c1CCC2)C(=O)O. The number of nitrogens with one attached hydrogen (secondary N) is 1. The number of hydrogen-bond acceptors (Lipinski definition) is 3. The highest BCUT2D eigenvalue weighted by Gasteiger charge is 2.28. The monoisotopic (exact) mass is 335 g/mol. The first kappa shape index (κ1) is 16.1. The van der Waals surface area contributed by atoms with E-state index in [0.717, 1.165) is 29.8 Å². The van der Waals surface area contributed by atoms with E-state index in [1.165, 1.54) is 17.7 Å². The Kier molecular flexibility index (Phi) is 4.04. The Morgan fingerprint density at radius 2 is 2.04 bits per heavy atom. The number of carbonyl (C=O) groups is 2. The molecule has 0 radical (unpaired) electrons. The van der Waals surface area contributed by atoms with Gasteiger partial charge in [0.15, 0.2) is 17.3 Å². The standard InChI is InChI=1S/C16H15F2N3O3/c1-8(16(23)24)19-15(22)14-10-3-2-4-13(10)21(20-14)9-5-6-11(17)12(18)7-9/h5-8H,2-4H2,1H3,(H,19,22)(H,23,24). The molecule has 8 heteroatoms. The minimum Gasteiger partial charge on any atom is -0.480 e. The summed E-state index contributed by atoms with van der Waals surface area (Å²) in [5.74, 6) is -3.71. The lowest BCUT2D eigenvalue weighted by atomic mass is 10.2. The second-order valence-corrected chi connectivity index (χ2v) is 5.67. The molecule has 1 amide bonds. The van der Waals surface area contributed by atoms with Gasteiger partial charge < -0.3 is 10.4 Å². The van der Waals surface area contributed by atoms with Crippen molar-refractivity contribution in [2.45, 2.75) is 32.2 Å². The lowest BCUT2D eigenvalue weighted by Gasteiger charge is -2.08. The number of halogens is 2. The molecule has 1 heterocycles. The molecule has 1 atom stereocenters. The molecule has 1 aliphatic carbocycles. The predicted molar refractivity (Wildman–Crippen MR) is 80.1 cm³/mol. The molecule has 2 N–H and O–H groups in total. The molecular weight excluding hydrogens is 320 g/mol. The molecule has 1 aromatic heterocycles. The number of aliphatic carboxylic acids is 1. The van der Waals surface area contributed by atoms with Crippen LogP contribution >= 0.6 is 0 Å². The lowest BCUT2D eigenvalue weighted by molar-refractivity contribution is -0.138. The van der Waals surface area contributed by atoms with Crippen LogP contribution in [-0.4, -0.2) is 32.8 Å². The van der Waals surface area contributed by atoms with Gasteiger partial charge in [-0.1, -0.05) is 0 Å². The third-order valence-corrected chi connectivity index (χ3v) is 4.01. The number of carboxylic acid groups (broad SMARTS) is 1. The van der Waals surface area contributed by atoms with Crippen LogP contribution in [0.1, 0.15) is 35.1 Å². The van der Waals surface area contributed by atoms with Gasteiger partial charge in [-0.2, -0.15) is 5.10 Å². The topological polar surface area (TPSA) is 84.2 Å². The molecule has 0 saturated heterocycles. The summed E-state index contributed by atoms with van der Waals surface area (Å²) in [5.41, 5.74) is 1.92. The van der Waals surface area contributed by atoms with Crippen molar-refractivity contribution in [3.63, 3.8) is 0 Å². The van der Waals surface area contributed by atoms with Gasteiger partial charge in [0.2, 0.25) is 0 Å². The van der Waals surface area contributed by atoms with E-state index in [1.807, 2.05) is 0 Å². The Bertz CT molecular complexity index is 832. The van der Waals surface area contributed by atoms with Crippen molar-refractivity contribution < 1.29 is 23.5 Å². The summed E-state index contributed by atoms with van der Waals surface area (Å²) in [6.45, 7) is 1.35. The fourth-order valence-electron chi connectivity index (χ4n) is 2.78. The largest absolute Gasteiger partial charge is 0.480 e. The molecule has 1 unspecified atom stereocenters. The zero-order valence-electron chi connectivity index (χ0n) is 12.8. The van der Waals surface area contributed by atoms with Crippen molar-refractivity contribution in [3.05, 3.63) is 46.8 Å². The number of fused-ring (bicyclic) bond motifs is 1. The second-order valence-electron chi connectivity index (χ2n) is 5.67. The maximum absolute atomic E-state index is 13.5. The van der Waals surface area contributed by atoms with Crippen LogP contribution in [0.4, 0.5) is 8.78 Å². The van der Waals surface area contributed by atoms with Crippen LogP contribution in [0.25, 0.3) is 5.69 Å². The molecule has 0 bridgehead atoms. The van der Waals surface area contributed by atoms with Gasteiger partial charge in [-0.15, -0.1) is 0 Å². The highest BCUT2D eigenvalue weighted by Crippen LogP contribution is 2.28. The Balaban J connectivity index is 2.00. The summed E-state index contributed by atoms with van der Waals surface area (Å²) < 4.78 is 28.0. The summed E-state index contributed by atoms with van der Waals surface area (Å²) in [6.07, 6.45) is 2.10. The zero-order valence-corrected chi connectivity index (χ0v) is 12.8. The third-order valence-electron chi connectivity index (χ3n) is 4.01.